The molecular formula is C19H31NO4. The first-order valence-electron chi connectivity index (χ1n) is 8.60. The van der Waals surface area contributed by atoms with Crippen LogP contribution in [0.25, 0.3) is 0 Å². The molecule has 2 N–H and O–H groups in total. The van der Waals surface area contributed by atoms with Crippen LogP contribution in [0.1, 0.15) is 50.6 Å². The van der Waals surface area contributed by atoms with E-state index in [1.165, 1.54) is 12.0 Å². The van der Waals surface area contributed by atoms with Gasteiger partial charge < -0.3 is 19.8 Å². The fraction of sp³-hybridized carbons (Fsp3) is 0.632. The lowest BCUT2D eigenvalue weighted by atomic mass is 9.78. The van der Waals surface area contributed by atoms with Crippen molar-refractivity contribution in [3.63, 3.8) is 0 Å². The third-order valence-corrected chi connectivity index (χ3v) is 4.48. The Kier molecular flexibility index (Phi) is 8.79. The molecule has 136 valence electrons. The summed E-state index contributed by atoms with van der Waals surface area (Å²) in [4.78, 5) is 11.6. The molecule has 0 aliphatic heterocycles. The van der Waals surface area contributed by atoms with E-state index in [4.69, 9.17) is 9.84 Å². The third kappa shape index (κ3) is 6.13. The van der Waals surface area contributed by atoms with Crippen LogP contribution in [0.5, 0.6) is 5.75 Å². The number of carboxylic acids is 1. The molecule has 0 radical (unpaired) electrons. The van der Waals surface area contributed by atoms with E-state index in [1.807, 2.05) is 12.1 Å². The molecule has 0 saturated heterocycles. The van der Waals surface area contributed by atoms with Crippen molar-refractivity contribution in [2.24, 2.45) is 5.92 Å². The van der Waals surface area contributed by atoms with E-state index in [0.717, 1.165) is 25.0 Å². The van der Waals surface area contributed by atoms with Crippen LogP contribution in [0.15, 0.2) is 24.3 Å². The number of aliphatic hydroxyl groups excluding tert-OH is 1. The van der Waals surface area contributed by atoms with E-state index >= 15 is 0 Å². The lowest BCUT2D eigenvalue weighted by Crippen LogP contribution is -2.36. The van der Waals surface area contributed by atoms with Gasteiger partial charge in [0.05, 0.1) is 13.2 Å². The Hall–Kier alpha value is -1.59. The zero-order valence-corrected chi connectivity index (χ0v) is 15.2. The van der Waals surface area contributed by atoms with Gasteiger partial charge in [0.25, 0.3) is 0 Å². The number of hydrogen-bond acceptors (Lipinski definition) is 4. The highest BCUT2D eigenvalue weighted by atomic mass is 16.5. The van der Waals surface area contributed by atoms with Crippen molar-refractivity contribution in [2.75, 3.05) is 21.2 Å². The normalized spacial score (nSPS) is 21.6. The van der Waals surface area contributed by atoms with Gasteiger partial charge in [0.2, 0.25) is 0 Å². The molecule has 1 aliphatic carbocycles. The second-order valence-electron chi connectivity index (χ2n) is 6.45. The van der Waals surface area contributed by atoms with Gasteiger partial charge in [-0.25, -0.2) is 0 Å². The summed E-state index contributed by atoms with van der Waals surface area (Å²) in [5.74, 6) is 0.454. The first-order chi connectivity index (χ1) is 11.4. The number of ether oxygens (including phenoxy) is 1. The van der Waals surface area contributed by atoms with Gasteiger partial charge in [-0.2, -0.15) is 0 Å². The van der Waals surface area contributed by atoms with Crippen molar-refractivity contribution in [3.05, 3.63) is 29.8 Å². The highest BCUT2D eigenvalue weighted by Gasteiger charge is 2.33. The maximum absolute atomic E-state index is 10.3. The topological polar surface area (TPSA) is 70.0 Å². The zero-order valence-electron chi connectivity index (χ0n) is 15.2. The molecule has 24 heavy (non-hydrogen) atoms. The van der Waals surface area contributed by atoms with Crippen LogP contribution in [0.3, 0.4) is 0 Å². The largest absolute Gasteiger partial charge is 0.497 e. The zero-order chi connectivity index (χ0) is 18.1. The van der Waals surface area contributed by atoms with Crippen LogP contribution in [0.2, 0.25) is 0 Å². The maximum atomic E-state index is 10.3. The number of aliphatic carboxylic acids is 1. The first kappa shape index (κ1) is 20.5. The molecule has 0 bridgehead atoms. The average molecular weight is 337 g/mol. The average Bonchev–Trinajstić information content (AvgIpc) is 2.57. The minimum absolute atomic E-state index is 0.188. The summed E-state index contributed by atoms with van der Waals surface area (Å²) in [5, 5.41) is 18.0. The summed E-state index contributed by atoms with van der Waals surface area (Å²) >= 11 is 0. The van der Waals surface area contributed by atoms with E-state index in [-0.39, 0.29) is 18.6 Å². The van der Waals surface area contributed by atoms with E-state index < -0.39 is 5.97 Å². The predicted octanol–water partition coefficient (Wildman–Crippen LogP) is 3.33. The Bertz CT molecular complexity index is 504. The molecular weight excluding hydrogens is 306 g/mol. The highest BCUT2D eigenvalue weighted by molar-refractivity contribution is 5.66. The van der Waals surface area contributed by atoms with Gasteiger partial charge in [-0.05, 0) is 44.6 Å². The summed E-state index contributed by atoms with van der Waals surface area (Å²) in [6, 6.07) is 8.47. The fourth-order valence-corrected chi connectivity index (χ4v) is 3.26. The van der Waals surface area contributed by atoms with Crippen molar-refractivity contribution >= 4 is 5.97 Å². The molecule has 0 spiro atoms. The summed E-state index contributed by atoms with van der Waals surface area (Å²) in [7, 11) is 5.87. The van der Waals surface area contributed by atoms with Crippen LogP contribution < -0.4 is 4.74 Å². The molecule has 1 saturated carbocycles. The second kappa shape index (κ2) is 10.3. The van der Waals surface area contributed by atoms with E-state index in [2.05, 4.69) is 31.1 Å². The van der Waals surface area contributed by atoms with Gasteiger partial charge in [-0.15, -0.1) is 0 Å². The Labute approximate surface area is 145 Å². The molecule has 1 aliphatic rings. The van der Waals surface area contributed by atoms with Crippen LogP contribution in [0.4, 0.5) is 0 Å². The van der Waals surface area contributed by atoms with E-state index in [0.29, 0.717) is 5.92 Å². The van der Waals surface area contributed by atoms with E-state index in [9.17, 15) is 9.90 Å². The van der Waals surface area contributed by atoms with Gasteiger partial charge in [-0.3, -0.25) is 4.79 Å². The number of carbonyl (C=O) groups is 1. The SMILES string of the molecule is CCC(=O)O.COc1cccc(C(C2CCCCC2O)N(C)C)c1. The molecule has 5 nitrogen and oxygen atoms in total. The van der Waals surface area contributed by atoms with Crippen LogP contribution in [0, 0.1) is 5.92 Å². The number of hydrogen-bond donors (Lipinski definition) is 2. The summed E-state index contributed by atoms with van der Waals surface area (Å²) in [6.07, 6.45) is 4.43. The number of benzene rings is 1. The third-order valence-electron chi connectivity index (χ3n) is 4.48. The minimum atomic E-state index is -0.745. The second-order valence-corrected chi connectivity index (χ2v) is 6.45. The Morgan fingerprint density at radius 1 is 1.33 bits per heavy atom. The van der Waals surface area contributed by atoms with Gasteiger partial charge in [0.1, 0.15) is 5.75 Å². The standard InChI is InChI=1S/C16H25NO2.C3H6O2/c1-17(2)16(14-9-4-5-10-15(14)18)12-7-6-8-13(11-12)19-3;1-2-3(4)5/h6-8,11,14-16,18H,4-5,9-10H2,1-3H3;2H2,1H3,(H,4,5). The van der Waals surface area contributed by atoms with Crippen molar-refractivity contribution in [1.82, 2.24) is 4.90 Å². The lowest BCUT2D eigenvalue weighted by Gasteiger charge is -2.38. The molecule has 0 amide bonds. The van der Waals surface area contributed by atoms with Gasteiger partial charge in [0.15, 0.2) is 0 Å². The summed E-state index contributed by atoms with van der Waals surface area (Å²) in [6.45, 7) is 1.60. The van der Waals surface area contributed by atoms with Crippen LogP contribution in [-0.4, -0.2) is 48.4 Å². The van der Waals surface area contributed by atoms with Crippen molar-refractivity contribution in [2.45, 2.75) is 51.2 Å². The molecule has 1 fully saturated rings. The molecule has 2 rings (SSSR count). The van der Waals surface area contributed by atoms with Crippen molar-refractivity contribution < 1.29 is 19.7 Å². The Morgan fingerprint density at radius 3 is 2.46 bits per heavy atom. The van der Waals surface area contributed by atoms with Crippen LogP contribution in [-0.2, 0) is 4.79 Å². The molecule has 3 unspecified atom stereocenters. The van der Waals surface area contributed by atoms with Gasteiger partial charge in [0, 0.05) is 18.4 Å². The lowest BCUT2D eigenvalue weighted by molar-refractivity contribution is -0.136. The quantitative estimate of drug-likeness (QED) is 0.862. The Morgan fingerprint density at radius 2 is 1.96 bits per heavy atom. The molecule has 0 aromatic heterocycles. The first-order valence-corrected chi connectivity index (χ1v) is 8.60. The van der Waals surface area contributed by atoms with Gasteiger partial charge >= 0.3 is 5.97 Å². The molecule has 3 atom stereocenters. The molecule has 1 aromatic carbocycles. The number of aliphatic hydroxyl groups is 1. The summed E-state index contributed by atoms with van der Waals surface area (Å²) < 4.78 is 5.32. The minimum Gasteiger partial charge on any atom is -0.497 e. The smallest absolute Gasteiger partial charge is 0.303 e. The van der Waals surface area contributed by atoms with Crippen molar-refractivity contribution in [3.8, 4) is 5.75 Å². The number of nitrogens with zero attached hydrogens (tertiary/aromatic N) is 1. The van der Waals surface area contributed by atoms with Gasteiger partial charge in [-0.1, -0.05) is 31.9 Å². The molecule has 5 heteroatoms. The van der Waals surface area contributed by atoms with Crippen molar-refractivity contribution in [1.29, 1.82) is 0 Å². The number of carboxylic acid groups (broad SMARTS) is 1. The monoisotopic (exact) mass is 337 g/mol. The molecule has 0 heterocycles. The fourth-order valence-electron chi connectivity index (χ4n) is 3.26. The maximum Gasteiger partial charge on any atom is 0.303 e. The van der Waals surface area contributed by atoms with Crippen LogP contribution >= 0.6 is 0 Å². The number of methoxy groups -OCH3 is 1. The van der Waals surface area contributed by atoms with E-state index in [1.54, 1.807) is 14.0 Å². The number of rotatable bonds is 5. The Balaban J connectivity index is 0.000000505. The highest BCUT2D eigenvalue weighted by Crippen LogP contribution is 2.38. The predicted molar refractivity (Wildman–Crippen MR) is 95.3 cm³/mol. The summed E-state index contributed by atoms with van der Waals surface area (Å²) in [5.41, 5.74) is 1.23. The molecule has 1 aromatic rings.